The summed E-state index contributed by atoms with van der Waals surface area (Å²) in [4.78, 5) is 25.4. The van der Waals surface area contributed by atoms with Gasteiger partial charge in [-0.15, -0.1) is 0 Å². The predicted octanol–water partition coefficient (Wildman–Crippen LogP) is 2.03. The molecule has 1 aliphatic heterocycles. The lowest BCUT2D eigenvalue weighted by Crippen LogP contribution is -2.47. The summed E-state index contributed by atoms with van der Waals surface area (Å²) >= 11 is 0. The highest BCUT2D eigenvalue weighted by molar-refractivity contribution is 5.78. The molecule has 1 amide bonds. The van der Waals surface area contributed by atoms with Crippen molar-refractivity contribution in [1.29, 1.82) is 0 Å². The molecule has 2 unspecified atom stereocenters. The number of hydrogen-bond donors (Lipinski definition) is 2. The average Bonchev–Trinajstić information content (AvgIpc) is 2.41. The highest BCUT2D eigenvalue weighted by Gasteiger charge is 2.38. The van der Waals surface area contributed by atoms with E-state index in [1.54, 1.807) is 4.90 Å². The third-order valence-corrected chi connectivity index (χ3v) is 5.24. The van der Waals surface area contributed by atoms with Crippen LogP contribution in [0.25, 0.3) is 0 Å². The molecule has 2 aliphatic rings. The van der Waals surface area contributed by atoms with Crippen molar-refractivity contribution in [2.75, 3.05) is 13.1 Å². The number of carboxylic acids is 1. The summed E-state index contributed by atoms with van der Waals surface area (Å²) in [6, 6.07) is 0. The number of aliphatic hydroxyl groups is 1. The first-order valence-corrected chi connectivity index (χ1v) is 8.09. The van der Waals surface area contributed by atoms with Gasteiger partial charge in [0.1, 0.15) is 0 Å². The largest absolute Gasteiger partial charge is 0.481 e. The van der Waals surface area contributed by atoms with E-state index < -0.39 is 12.1 Å². The van der Waals surface area contributed by atoms with Crippen LogP contribution in [0.15, 0.2) is 0 Å². The average molecular weight is 297 g/mol. The lowest BCUT2D eigenvalue weighted by Gasteiger charge is -2.39. The van der Waals surface area contributed by atoms with Crippen molar-refractivity contribution in [3.8, 4) is 0 Å². The molecule has 0 radical (unpaired) electrons. The van der Waals surface area contributed by atoms with Crippen LogP contribution in [-0.4, -0.2) is 46.2 Å². The third kappa shape index (κ3) is 4.19. The molecule has 0 bridgehead atoms. The molecule has 0 spiro atoms. The molecule has 2 atom stereocenters. The van der Waals surface area contributed by atoms with Gasteiger partial charge in [0.05, 0.1) is 12.5 Å². The molecule has 21 heavy (non-hydrogen) atoms. The van der Waals surface area contributed by atoms with Gasteiger partial charge in [-0.3, -0.25) is 9.59 Å². The second kappa shape index (κ2) is 6.77. The SMILES string of the molecule is CC1CCN(C(=O)CC2(CC(=O)O)CCCCC2)CC1O. The Kier molecular flexibility index (Phi) is 5.25. The van der Waals surface area contributed by atoms with Gasteiger partial charge >= 0.3 is 5.97 Å². The number of aliphatic carboxylic acids is 1. The van der Waals surface area contributed by atoms with E-state index in [-0.39, 0.29) is 23.7 Å². The number of piperidine rings is 1. The Labute approximate surface area is 126 Å². The second-order valence-electron chi connectivity index (χ2n) is 6.98. The molecule has 5 heteroatoms. The maximum atomic E-state index is 12.5. The van der Waals surface area contributed by atoms with Gasteiger partial charge in [0.25, 0.3) is 0 Å². The van der Waals surface area contributed by atoms with Crippen molar-refractivity contribution >= 4 is 11.9 Å². The van der Waals surface area contributed by atoms with Crippen LogP contribution >= 0.6 is 0 Å². The highest BCUT2D eigenvalue weighted by atomic mass is 16.4. The Hall–Kier alpha value is -1.10. The summed E-state index contributed by atoms with van der Waals surface area (Å²) in [5, 5.41) is 19.1. The number of aliphatic hydroxyl groups excluding tert-OH is 1. The van der Waals surface area contributed by atoms with Crippen LogP contribution in [-0.2, 0) is 9.59 Å². The second-order valence-corrected chi connectivity index (χ2v) is 6.98. The van der Waals surface area contributed by atoms with Gasteiger partial charge < -0.3 is 15.1 Å². The maximum Gasteiger partial charge on any atom is 0.303 e. The molecule has 0 aromatic rings. The normalized spacial score (nSPS) is 29.1. The first-order valence-electron chi connectivity index (χ1n) is 8.09. The molecular formula is C16H27NO4. The lowest BCUT2D eigenvalue weighted by molar-refractivity contribution is -0.144. The van der Waals surface area contributed by atoms with Crippen molar-refractivity contribution in [1.82, 2.24) is 4.90 Å². The number of nitrogens with zero attached hydrogens (tertiary/aromatic N) is 1. The fourth-order valence-corrected chi connectivity index (χ4v) is 3.75. The van der Waals surface area contributed by atoms with E-state index >= 15 is 0 Å². The number of amides is 1. The molecule has 2 rings (SSSR count). The topological polar surface area (TPSA) is 77.8 Å². The van der Waals surface area contributed by atoms with Crippen LogP contribution in [0.3, 0.4) is 0 Å². The first-order chi connectivity index (χ1) is 9.92. The minimum Gasteiger partial charge on any atom is -0.481 e. The molecule has 5 nitrogen and oxygen atoms in total. The van der Waals surface area contributed by atoms with Crippen molar-refractivity contribution in [3.05, 3.63) is 0 Å². The Morgan fingerprint density at radius 2 is 1.86 bits per heavy atom. The first kappa shape index (κ1) is 16.3. The maximum absolute atomic E-state index is 12.5. The Balaban J connectivity index is 1.99. The number of carbonyl (C=O) groups is 2. The van der Waals surface area contributed by atoms with E-state index in [0.717, 1.165) is 38.5 Å². The Morgan fingerprint density at radius 3 is 2.43 bits per heavy atom. The molecule has 1 saturated heterocycles. The van der Waals surface area contributed by atoms with Crippen molar-refractivity contribution < 1.29 is 19.8 Å². The molecule has 1 saturated carbocycles. The van der Waals surface area contributed by atoms with Crippen molar-refractivity contribution in [3.63, 3.8) is 0 Å². The summed E-state index contributed by atoms with van der Waals surface area (Å²) in [5.41, 5.74) is -0.366. The van der Waals surface area contributed by atoms with E-state index in [9.17, 15) is 14.7 Å². The van der Waals surface area contributed by atoms with Gasteiger partial charge in [0.15, 0.2) is 0 Å². The fourth-order valence-electron chi connectivity index (χ4n) is 3.75. The number of carboxylic acid groups (broad SMARTS) is 1. The zero-order valence-electron chi connectivity index (χ0n) is 12.9. The van der Waals surface area contributed by atoms with Crippen LogP contribution in [0.5, 0.6) is 0 Å². The lowest BCUT2D eigenvalue weighted by atomic mass is 9.69. The molecule has 1 aliphatic carbocycles. The quantitative estimate of drug-likeness (QED) is 0.832. The molecule has 2 fully saturated rings. The summed E-state index contributed by atoms with van der Waals surface area (Å²) in [5.74, 6) is -0.558. The predicted molar refractivity (Wildman–Crippen MR) is 78.8 cm³/mol. The minimum absolute atomic E-state index is 0.0177. The van der Waals surface area contributed by atoms with E-state index in [2.05, 4.69) is 0 Å². The van der Waals surface area contributed by atoms with Crippen LogP contribution in [0, 0.1) is 11.3 Å². The Morgan fingerprint density at radius 1 is 1.19 bits per heavy atom. The molecular weight excluding hydrogens is 270 g/mol. The summed E-state index contributed by atoms with van der Waals surface area (Å²) in [6.07, 6.45) is 5.60. The van der Waals surface area contributed by atoms with E-state index in [1.165, 1.54) is 0 Å². The number of rotatable bonds is 4. The molecule has 2 N–H and O–H groups in total. The van der Waals surface area contributed by atoms with E-state index in [0.29, 0.717) is 19.5 Å². The number of carbonyl (C=O) groups excluding carboxylic acids is 1. The number of likely N-dealkylation sites (tertiary alicyclic amines) is 1. The monoisotopic (exact) mass is 297 g/mol. The molecule has 0 aromatic heterocycles. The smallest absolute Gasteiger partial charge is 0.303 e. The van der Waals surface area contributed by atoms with E-state index in [1.807, 2.05) is 6.92 Å². The van der Waals surface area contributed by atoms with Crippen LogP contribution in [0.2, 0.25) is 0 Å². The van der Waals surface area contributed by atoms with Crippen LogP contribution in [0.4, 0.5) is 0 Å². The van der Waals surface area contributed by atoms with E-state index in [4.69, 9.17) is 5.11 Å². The van der Waals surface area contributed by atoms with Gasteiger partial charge in [-0.25, -0.2) is 0 Å². The van der Waals surface area contributed by atoms with Gasteiger partial charge in [0.2, 0.25) is 5.91 Å². The van der Waals surface area contributed by atoms with Crippen molar-refractivity contribution in [2.24, 2.45) is 11.3 Å². The van der Waals surface area contributed by atoms with Gasteiger partial charge in [-0.2, -0.15) is 0 Å². The molecule has 0 aromatic carbocycles. The summed E-state index contributed by atoms with van der Waals surface area (Å²) in [6.45, 7) is 3.07. The van der Waals surface area contributed by atoms with Gasteiger partial charge in [-0.1, -0.05) is 26.2 Å². The summed E-state index contributed by atoms with van der Waals surface area (Å²) in [7, 11) is 0. The zero-order valence-corrected chi connectivity index (χ0v) is 12.9. The van der Waals surface area contributed by atoms with Crippen LogP contribution < -0.4 is 0 Å². The van der Waals surface area contributed by atoms with Crippen molar-refractivity contribution in [2.45, 2.75) is 64.4 Å². The minimum atomic E-state index is -0.808. The molecule has 120 valence electrons. The zero-order chi connectivity index (χ0) is 15.5. The highest BCUT2D eigenvalue weighted by Crippen LogP contribution is 2.42. The molecule has 1 heterocycles. The number of hydrogen-bond acceptors (Lipinski definition) is 3. The van der Waals surface area contributed by atoms with Gasteiger partial charge in [0, 0.05) is 19.5 Å². The standard InChI is InChI=1S/C16H27NO4/c1-12-5-8-17(11-13(12)18)14(19)9-16(10-15(20)21)6-3-2-4-7-16/h12-13,18H,2-11H2,1H3,(H,20,21). The van der Waals surface area contributed by atoms with Gasteiger partial charge in [-0.05, 0) is 30.6 Å². The fraction of sp³-hybridized carbons (Fsp3) is 0.875. The third-order valence-electron chi connectivity index (χ3n) is 5.24. The summed E-state index contributed by atoms with van der Waals surface area (Å²) < 4.78 is 0. The van der Waals surface area contributed by atoms with Crippen LogP contribution in [0.1, 0.15) is 58.3 Å². The number of β-amino-alcohol motifs (C(OH)–C–C–N with tert-alkyl or cyclic N) is 1. The Bertz CT molecular complexity index is 390.